The van der Waals surface area contributed by atoms with E-state index in [-0.39, 0.29) is 5.82 Å². The van der Waals surface area contributed by atoms with Gasteiger partial charge in [0.15, 0.2) is 0 Å². The van der Waals surface area contributed by atoms with Gasteiger partial charge in [0.2, 0.25) is 0 Å². The van der Waals surface area contributed by atoms with E-state index in [4.69, 9.17) is 5.73 Å². The van der Waals surface area contributed by atoms with Gasteiger partial charge in [-0.15, -0.1) is 0 Å². The van der Waals surface area contributed by atoms with Crippen LogP contribution in [0.3, 0.4) is 0 Å². The standard InChI is InChI=1S/C15H22FN3/c16-14-7-13(8-17)15(18-9-14)19-6-5-11-3-1-2-4-12(11)10-19/h7,9,11-12H,1-6,8,10,17H2. The molecule has 0 amide bonds. The summed E-state index contributed by atoms with van der Waals surface area (Å²) >= 11 is 0. The third-order valence-corrected chi connectivity index (χ3v) is 4.72. The minimum Gasteiger partial charge on any atom is -0.356 e. The molecule has 2 N–H and O–H groups in total. The highest BCUT2D eigenvalue weighted by atomic mass is 19.1. The molecule has 2 unspecified atom stereocenters. The van der Waals surface area contributed by atoms with E-state index in [0.717, 1.165) is 36.3 Å². The molecule has 0 bridgehead atoms. The summed E-state index contributed by atoms with van der Waals surface area (Å²) in [5.74, 6) is 2.29. The summed E-state index contributed by atoms with van der Waals surface area (Å²) in [5, 5.41) is 0. The number of fused-ring (bicyclic) bond motifs is 1. The smallest absolute Gasteiger partial charge is 0.141 e. The van der Waals surface area contributed by atoms with Gasteiger partial charge < -0.3 is 10.6 Å². The predicted octanol–water partition coefficient (Wildman–Crippen LogP) is 2.70. The van der Waals surface area contributed by atoms with E-state index in [1.807, 2.05) is 0 Å². The van der Waals surface area contributed by atoms with Gasteiger partial charge in [-0.25, -0.2) is 9.37 Å². The highest BCUT2D eigenvalue weighted by Gasteiger charge is 2.32. The molecule has 1 saturated carbocycles. The maximum absolute atomic E-state index is 13.2. The SMILES string of the molecule is NCc1cc(F)cnc1N1CCC2CCCCC2C1. The molecule has 0 radical (unpaired) electrons. The lowest BCUT2D eigenvalue weighted by Gasteiger charge is -2.42. The van der Waals surface area contributed by atoms with Crippen LogP contribution in [0.4, 0.5) is 10.2 Å². The third kappa shape index (κ3) is 2.59. The van der Waals surface area contributed by atoms with Crippen molar-refractivity contribution in [2.45, 2.75) is 38.6 Å². The number of aromatic nitrogens is 1. The largest absolute Gasteiger partial charge is 0.356 e. The summed E-state index contributed by atoms with van der Waals surface area (Å²) in [7, 11) is 0. The van der Waals surface area contributed by atoms with E-state index in [0.29, 0.717) is 6.54 Å². The topological polar surface area (TPSA) is 42.1 Å². The fourth-order valence-electron chi connectivity index (χ4n) is 3.70. The molecule has 1 aliphatic heterocycles. The quantitative estimate of drug-likeness (QED) is 0.892. The summed E-state index contributed by atoms with van der Waals surface area (Å²) < 4.78 is 13.2. The average Bonchev–Trinajstić information content (AvgIpc) is 2.46. The second-order valence-electron chi connectivity index (χ2n) is 5.88. The lowest BCUT2D eigenvalue weighted by Crippen LogP contribution is -2.42. The molecule has 0 spiro atoms. The van der Waals surface area contributed by atoms with Crippen molar-refractivity contribution in [2.75, 3.05) is 18.0 Å². The van der Waals surface area contributed by atoms with E-state index < -0.39 is 0 Å². The molecule has 2 fully saturated rings. The van der Waals surface area contributed by atoms with Crippen LogP contribution in [0.2, 0.25) is 0 Å². The van der Waals surface area contributed by atoms with Crippen molar-refractivity contribution in [3.8, 4) is 0 Å². The Bertz CT molecular complexity index is 449. The average molecular weight is 263 g/mol. The van der Waals surface area contributed by atoms with Gasteiger partial charge in [0, 0.05) is 25.2 Å². The molecule has 4 heteroatoms. The highest BCUT2D eigenvalue weighted by Crippen LogP contribution is 2.37. The molecule has 1 aliphatic carbocycles. The molecular formula is C15H22FN3. The van der Waals surface area contributed by atoms with E-state index in [1.54, 1.807) is 0 Å². The van der Waals surface area contributed by atoms with E-state index in [1.165, 1.54) is 44.4 Å². The van der Waals surface area contributed by atoms with Gasteiger partial charge >= 0.3 is 0 Å². The number of pyridine rings is 1. The summed E-state index contributed by atoms with van der Waals surface area (Å²) in [5.41, 5.74) is 6.55. The Hall–Kier alpha value is -1.16. The molecule has 1 saturated heterocycles. The molecule has 1 aromatic heterocycles. The summed E-state index contributed by atoms with van der Waals surface area (Å²) in [4.78, 5) is 6.59. The normalized spacial score (nSPS) is 27.2. The Morgan fingerprint density at radius 3 is 2.84 bits per heavy atom. The van der Waals surface area contributed by atoms with Crippen molar-refractivity contribution in [1.82, 2.24) is 4.98 Å². The molecule has 2 aliphatic rings. The van der Waals surface area contributed by atoms with Crippen molar-refractivity contribution in [3.05, 3.63) is 23.6 Å². The van der Waals surface area contributed by atoms with Gasteiger partial charge in [-0.3, -0.25) is 0 Å². The second-order valence-corrected chi connectivity index (χ2v) is 5.88. The molecule has 2 atom stereocenters. The first kappa shape index (κ1) is 12.9. The van der Waals surface area contributed by atoms with Crippen LogP contribution < -0.4 is 10.6 Å². The van der Waals surface area contributed by atoms with Crippen molar-refractivity contribution >= 4 is 5.82 Å². The fraction of sp³-hybridized carbons (Fsp3) is 0.667. The first-order valence-electron chi connectivity index (χ1n) is 7.37. The van der Waals surface area contributed by atoms with Crippen LogP contribution in [0.15, 0.2) is 12.3 Å². The Labute approximate surface area is 114 Å². The Balaban J connectivity index is 1.79. The van der Waals surface area contributed by atoms with Gasteiger partial charge in [-0.1, -0.05) is 19.3 Å². The van der Waals surface area contributed by atoms with Gasteiger partial charge in [-0.05, 0) is 30.7 Å². The first-order chi connectivity index (χ1) is 9.28. The van der Waals surface area contributed by atoms with Crippen LogP contribution in [-0.4, -0.2) is 18.1 Å². The number of halogens is 1. The zero-order valence-corrected chi connectivity index (χ0v) is 11.3. The lowest BCUT2D eigenvalue weighted by molar-refractivity contribution is 0.202. The van der Waals surface area contributed by atoms with E-state index in [2.05, 4.69) is 9.88 Å². The van der Waals surface area contributed by atoms with Crippen LogP contribution in [0, 0.1) is 17.7 Å². The molecule has 3 rings (SSSR count). The number of anilines is 1. The number of hydrogen-bond donors (Lipinski definition) is 1. The molecular weight excluding hydrogens is 241 g/mol. The zero-order valence-electron chi connectivity index (χ0n) is 11.3. The molecule has 0 aromatic carbocycles. The Morgan fingerprint density at radius 1 is 1.26 bits per heavy atom. The Morgan fingerprint density at radius 2 is 2.05 bits per heavy atom. The number of nitrogens with zero attached hydrogens (tertiary/aromatic N) is 2. The van der Waals surface area contributed by atoms with Gasteiger partial charge in [0.1, 0.15) is 11.6 Å². The molecule has 1 aromatic rings. The minimum absolute atomic E-state index is 0.295. The molecule has 3 nitrogen and oxygen atoms in total. The van der Waals surface area contributed by atoms with Crippen LogP contribution in [0.5, 0.6) is 0 Å². The number of rotatable bonds is 2. The van der Waals surface area contributed by atoms with Crippen LogP contribution >= 0.6 is 0 Å². The lowest BCUT2D eigenvalue weighted by atomic mass is 9.75. The molecule has 19 heavy (non-hydrogen) atoms. The number of hydrogen-bond acceptors (Lipinski definition) is 3. The highest BCUT2D eigenvalue weighted by molar-refractivity contribution is 5.47. The van der Waals surface area contributed by atoms with Crippen molar-refractivity contribution < 1.29 is 4.39 Å². The van der Waals surface area contributed by atoms with Crippen molar-refractivity contribution in [3.63, 3.8) is 0 Å². The maximum Gasteiger partial charge on any atom is 0.141 e. The zero-order chi connectivity index (χ0) is 13.2. The van der Waals surface area contributed by atoms with Crippen molar-refractivity contribution in [2.24, 2.45) is 17.6 Å². The predicted molar refractivity (Wildman–Crippen MR) is 74.4 cm³/mol. The summed E-state index contributed by atoms with van der Waals surface area (Å²) in [6.07, 6.45) is 8.02. The van der Waals surface area contributed by atoms with Crippen LogP contribution in [-0.2, 0) is 6.54 Å². The van der Waals surface area contributed by atoms with Crippen LogP contribution in [0.1, 0.15) is 37.7 Å². The van der Waals surface area contributed by atoms with Gasteiger partial charge in [0.25, 0.3) is 0 Å². The number of piperidine rings is 1. The van der Waals surface area contributed by atoms with Gasteiger partial charge in [0.05, 0.1) is 6.20 Å². The van der Waals surface area contributed by atoms with E-state index in [9.17, 15) is 4.39 Å². The molecule has 2 heterocycles. The minimum atomic E-state index is -0.295. The Kier molecular flexibility index (Phi) is 3.69. The fourth-order valence-corrected chi connectivity index (χ4v) is 3.70. The van der Waals surface area contributed by atoms with E-state index >= 15 is 0 Å². The first-order valence-corrected chi connectivity index (χ1v) is 7.37. The third-order valence-electron chi connectivity index (χ3n) is 4.72. The summed E-state index contributed by atoms with van der Waals surface area (Å²) in [6.45, 7) is 2.45. The number of nitrogens with two attached hydrogens (primary N) is 1. The molecule has 104 valence electrons. The van der Waals surface area contributed by atoms with Crippen LogP contribution in [0.25, 0.3) is 0 Å². The second kappa shape index (κ2) is 5.45. The van der Waals surface area contributed by atoms with Gasteiger partial charge in [-0.2, -0.15) is 0 Å². The maximum atomic E-state index is 13.2. The monoisotopic (exact) mass is 263 g/mol. The van der Waals surface area contributed by atoms with Crippen molar-refractivity contribution in [1.29, 1.82) is 0 Å². The summed E-state index contributed by atoms with van der Waals surface area (Å²) in [6, 6.07) is 1.52.